The van der Waals surface area contributed by atoms with Gasteiger partial charge >= 0.3 is 0 Å². The summed E-state index contributed by atoms with van der Waals surface area (Å²) in [6, 6.07) is 5.19. The molecule has 1 aromatic carbocycles. The number of ketones is 1. The Kier molecular flexibility index (Phi) is 2.37. The predicted molar refractivity (Wildman–Crippen MR) is 53.2 cm³/mol. The molecule has 1 atom stereocenters. The molecule has 0 radical (unpaired) electrons. The maximum Gasteiger partial charge on any atom is 0.165 e. The minimum Gasteiger partial charge on any atom is -0.495 e. The summed E-state index contributed by atoms with van der Waals surface area (Å²) in [6.07, 6.45) is 0.368. The molecule has 1 unspecified atom stereocenters. The van der Waals surface area contributed by atoms with Crippen LogP contribution in [0.2, 0.25) is 0 Å². The molecular weight excluding hydrogens is 200 g/mol. The van der Waals surface area contributed by atoms with Crippen LogP contribution in [0, 0.1) is 0 Å². The summed E-state index contributed by atoms with van der Waals surface area (Å²) >= 11 is 0. The van der Waals surface area contributed by atoms with Gasteiger partial charge in [-0.3, -0.25) is 9.00 Å². The van der Waals surface area contributed by atoms with Crippen LogP contribution in [0.3, 0.4) is 0 Å². The topological polar surface area (TPSA) is 43.4 Å². The van der Waals surface area contributed by atoms with E-state index < -0.39 is 10.8 Å². The van der Waals surface area contributed by atoms with Crippen molar-refractivity contribution in [2.24, 2.45) is 0 Å². The van der Waals surface area contributed by atoms with Crippen LogP contribution in [0.5, 0.6) is 5.75 Å². The zero-order valence-electron chi connectivity index (χ0n) is 7.78. The highest BCUT2D eigenvalue weighted by Gasteiger charge is 2.25. The lowest BCUT2D eigenvalue weighted by atomic mass is 10.1. The van der Waals surface area contributed by atoms with E-state index in [1.165, 1.54) is 7.11 Å². The van der Waals surface area contributed by atoms with Gasteiger partial charge in [-0.25, -0.2) is 0 Å². The minimum absolute atomic E-state index is 0.0542. The van der Waals surface area contributed by atoms with E-state index >= 15 is 0 Å². The van der Waals surface area contributed by atoms with Crippen molar-refractivity contribution in [1.82, 2.24) is 0 Å². The quantitative estimate of drug-likeness (QED) is 0.703. The second-order valence-corrected chi connectivity index (χ2v) is 4.57. The summed E-state index contributed by atoms with van der Waals surface area (Å²) in [4.78, 5) is 12.1. The fraction of sp³-hybridized carbons (Fsp3) is 0.300. The number of benzene rings is 1. The van der Waals surface area contributed by atoms with Crippen molar-refractivity contribution in [3.05, 3.63) is 23.8 Å². The third-order valence-electron chi connectivity index (χ3n) is 2.24. The van der Waals surface area contributed by atoms with E-state index in [1.807, 2.05) is 0 Å². The Morgan fingerprint density at radius 3 is 2.93 bits per heavy atom. The SMILES string of the molecule is COc1cccc2c1S(=O)CCC2=O. The number of fused-ring (bicyclic) bond motifs is 1. The lowest BCUT2D eigenvalue weighted by Gasteiger charge is -2.16. The van der Waals surface area contributed by atoms with Crippen molar-refractivity contribution in [2.75, 3.05) is 12.9 Å². The van der Waals surface area contributed by atoms with E-state index in [0.29, 0.717) is 28.4 Å². The smallest absolute Gasteiger partial charge is 0.165 e. The first-order chi connectivity index (χ1) is 6.74. The standard InChI is InChI=1S/C10H10O3S/c1-13-9-4-2-3-7-8(11)5-6-14(12)10(7)9/h2-4H,5-6H2,1H3. The molecule has 0 bridgehead atoms. The van der Waals surface area contributed by atoms with Crippen LogP contribution in [0.1, 0.15) is 16.8 Å². The average Bonchev–Trinajstić information content (AvgIpc) is 2.23. The molecule has 0 N–H and O–H groups in total. The Morgan fingerprint density at radius 1 is 1.43 bits per heavy atom. The van der Waals surface area contributed by atoms with Crippen LogP contribution in [0.4, 0.5) is 0 Å². The lowest BCUT2D eigenvalue weighted by Crippen LogP contribution is -2.17. The summed E-state index contributed by atoms with van der Waals surface area (Å²) in [7, 11) is 0.427. The van der Waals surface area contributed by atoms with E-state index in [1.54, 1.807) is 18.2 Å². The third-order valence-corrected chi connectivity index (χ3v) is 3.69. The summed E-state index contributed by atoms with van der Waals surface area (Å²) in [5.41, 5.74) is 0.550. The van der Waals surface area contributed by atoms with Crippen LogP contribution in [-0.4, -0.2) is 22.9 Å². The second-order valence-electron chi connectivity index (χ2n) is 3.06. The Morgan fingerprint density at radius 2 is 2.21 bits per heavy atom. The van der Waals surface area contributed by atoms with Gasteiger partial charge in [0.25, 0.3) is 0 Å². The Balaban J connectivity index is 2.66. The van der Waals surface area contributed by atoms with E-state index in [-0.39, 0.29) is 5.78 Å². The lowest BCUT2D eigenvalue weighted by molar-refractivity contribution is 0.0983. The molecule has 4 heteroatoms. The van der Waals surface area contributed by atoms with E-state index in [9.17, 15) is 9.00 Å². The molecule has 0 amide bonds. The first-order valence-electron chi connectivity index (χ1n) is 4.32. The maximum atomic E-state index is 11.7. The number of rotatable bonds is 1. The number of carbonyl (C=O) groups is 1. The van der Waals surface area contributed by atoms with E-state index in [0.717, 1.165) is 0 Å². The molecular formula is C10H10O3S. The van der Waals surface area contributed by atoms with Gasteiger partial charge in [-0.05, 0) is 12.1 Å². The minimum atomic E-state index is -1.09. The van der Waals surface area contributed by atoms with Gasteiger partial charge in [-0.2, -0.15) is 0 Å². The van der Waals surface area contributed by atoms with Crippen molar-refractivity contribution < 1.29 is 13.7 Å². The zero-order valence-corrected chi connectivity index (χ0v) is 8.60. The largest absolute Gasteiger partial charge is 0.495 e. The number of hydrogen-bond donors (Lipinski definition) is 0. The fourth-order valence-corrected chi connectivity index (χ4v) is 2.93. The normalized spacial score (nSPS) is 20.4. The molecule has 1 aromatic rings. The maximum absolute atomic E-state index is 11.7. The summed E-state index contributed by atoms with van der Waals surface area (Å²) in [6.45, 7) is 0. The monoisotopic (exact) mass is 210 g/mol. The molecule has 3 nitrogen and oxygen atoms in total. The molecule has 0 saturated heterocycles. The van der Waals surface area contributed by atoms with Crippen LogP contribution >= 0.6 is 0 Å². The van der Waals surface area contributed by atoms with Crippen molar-refractivity contribution in [1.29, 1.82) is 0 Å². The van der Waals surface area contributed by atoms with E-state index in [2.05, 4.69) is 0 Å². The van der Waals surface area contributed by atoms with Crippen molar-refractivity contribution in [3.8, 4) is 5.75 Å². The Labute approximate surface area is 84.5 Å². The molecule has 2 rings (SSSR count). The van der Waals surface area contributed by atoms with Gasteiger partial charge in [0, 0.05) is 17.7 Å². The van der Waals surface area contributed by atoms with Crippen LogP contribution in [0.25, 0.3) is 0 Å². The fourth-order valence-electron chi connectivity index (χ4n) is 1.55. The highest BCUT2D eigenvalue weighted by atomic mass is 32.2. The highest BCUT2D eigenvalue weighted by Crippen LogP contribution is 2.30. The number of methoxy groups -OCH3 is 1. The molecule has 0 spiro atoms. The van der Waals surface area contributed by atoms with Crippen LogP contribution in [-0.2, 0) is 10.8 Å². The number of carbonyl (C=O) groups excluding carboxylic acids is 1. The first kappa shape index (κ1) is 9.40. The van der Waals surface area contributed by atoms with Gasteiger partial charge in [-0.15, -0.1) is 0 Å². The number of ether oxygens (including phenoxy) is 1. The van der Waals surface area contributed by atoms with Gasteiger partial charge < -0.3 is 4.74 Å². The van der Waals surface area contributed by atoms with Crippen molar-refractivity contribution in [2.45, 2.75) is 11.3 Å². The first-order valence-corrected chi connectivity index (χ1v) is 5.64. The molecule has 1 heterocycles. The molecule has 0 saturated carbocycles. The molecule has 0 aliphatic carbocycles. The van der Waals surface area contributed by atoms with E-state index in [4.69, 9.17) is 4.74 Å². The summed E-state index contributed by atoms with van der Waals surface area (Å²) in [5, 5.41) is 0. The van der Waals surface area contributed by atoms with Gasteiger partial charge in [0.1, 0.15) is 5.75 Å². The molecule has 14 heavy (non-hydrogen) atoms. The Bertz CT molecular complexity index is 412. The predicted octanol–water partition coefficient (Wildman–Crippen LogP) is 1.39. The van der Waals surface area contributed by atoms with Crippen LogP contribution < -0.4 is 4.74 Å². The third kappa shape index (κ3) is 1.35. The van der Waals surface area contributed by atoms with Gasteiger partial charge in [0.15, 0.2) is 5.78 Å². The van der Waals surface area contributed by atoms with Crippen molar-refractivity contribution in [3.63, 3.8) is 0 Å². The van der Waals surface area contributed by atoms with Crippen LogP contribution in [0.15, 0.2) is 23.1 Å². The molecule has 1 aliphatic heterocycles. The summed E-state index contributed by atoms with van der Waals surface area (Å²) in [5.74, 6) is 1.01. The van der Waals surface area contributed by atoms with Gasteiger partial charge in [0.2, 0.25) is 0 Å². The second kappa shape index (κ2) is 3.53. The van der Waals surface area contributed by atoms with Gasteiger partial charge in [0.05, 0.1) is 22.8 Å². The average molecular weight is 210 g/mol. The van der Waals surface area contributed by atoms with Crippen molar-refractivity contribution >= 4 is 16.6 Å². The Hall–Kier alpha value is -1.16. The molecule has 1 aliphatic rings. The molecule has 0 fully saturated rings. The number of Topliss-reactive ketones (excluding diaryl/α,β-unsaturated/α-hetero) is 1. The molecule has 0 aromatic heterocycles. The zero-order chi connectivity index (χ0) is 10.1. The van der Waals surface area contributed by atoms with Gasteiger partial charge in [-0.1, -0.05) is 6.07 Å². The molecule has 74 valence electrons. The highest BCUT2D eigenvalue weighted by molar-refractivity contribution is 7.85. The number of hydrogen-bond acceptors (Lipinski definition) is 3. The summed E-state index contributed by atoms with van der Waals surface area (Å²) < 4.78 is 16.8.